The maximum atomic E-state index is 5.49. The minimum absolute atomic E-state index is 0.247. The third-order valence-corrected chi connectivity index (χ3v) is 2.07. The molecule has 0 saturated heterocycles. The predicted octanol–water partition coefficient (Wildman–Crippen LogP) is 2.56. The first-order valence-electron chi connectivity index (χ1n) is 4.93. The van der Waals surface area contributed by atoms with Crippen LogP contribution in [-0.2, 0) is 0 Å². The molecule has 0 saturated carbocycles. The molecule has 0 aliphatic rings. The van der Waals surface area contributed by atoms with Crippen LogP contribution in [0, 0.1) is 6.92 Å². The highest BCUT2D eigenvalue weighted by molar-refractivity contribution is 5.45. The van der Waals surface area contributed by atoms with Crippen LogP contribution < -0.4 is 0 Å². The van der Waals surface area contributed by atoms with Gasteiger partial charge in [0.15, 0.2) is 0 Å². The molecule has 0 fully saturated rings. The second kappa shape index (κ2) is 3.81. The van der Waals surface area contributed by atoms with E-state index in [1.807, 2.05) is 32.9 Å². The van der Waals surface area contributed by atoms with E-state index in [2.05, 4.69) is 15.2 Å². The van der Waals surface area contributed by atoms with E-state index in [-0.39, 0.29) is 5.92 Å². The monoisotopic (exact) mass is 203 g/mol. The largest absolute Gasteiger partial charge is 0.419 e. The van der Waals surface area contributed by atoms with E-state index in [1.54, 1.807) is 6.20 Å². The molecule has 0 unspecified atom stereocenters. The first-order valence-corrected chi connectivity index (χ1v) is 4.93. The van der Waals surface area contributed by atoms with Crippen LogP contribution in [0.5, 0.6) is 0 Å². The SMILES string of the molecule is Cc1ccc(-c2nnc(C(C)C)o2)nc1. The van der Waals surface area contributed by atoms with E-state index in [9.17, 15) is 0 Å². The quantitative estimate of drug-likeness (QED) is 0.752. The molecule has 2 heterocycles. The molecule has 2 aromatic rings. The zero-order chi connectivity index (χ0) is 10.8. The molecule has 0 N–H and O–H groups in total. The Bertz CT molecular complexity index is 445. The Balaban J connectivity index is 2.33. The van der Waals surface area contributed by atoms with Gasteiger partial charge in [0.25, 0.3) is 5.89 Å². The fraction of sp³-hybridized carbons (Fsp3) is 0.364. The van der Waals surface area contributed by atoms with Crippen LogP contribution in [0.25, 0.3) is 11.6 Å². The van der Waals surface area contributed by atoms with Crippen LogP contribution in [0.2, 0.25) is 0 Å². The number of pyridine rings is 1. The molecule has 15 heavy (non-hydrogen) atoms. The van der Waals surface area contributed by atoms with Gasteiger partial charge < -0.3 is 4.42 Å². The highest BCUT2D eigenvalue weighted by atomic mass is 16.4. The molecule has 0 aliphatic carbocycles. The molecule has 0 aliphatic heterocycles. The average molecular weight is 203 g/mol. The number of rotatable bonds is 2. The average Bonchev–Trinajstić information content (AvgIpc) is 2.68. The number of aryl methyl sites for hydroxylation is 1. The number of hydrogen-bond acceptors (Lipinski definition) is 4. The van der Waals surface area contributed by atoms with E-state index in [1.165, 1.54) is 0 Å². The van der Waals surface area contributed by atoms with Gasteiger partial charge in [0, 0.05) is 12.1 Å². The van der Waals surface area contributed by atoms with Gasteiger partial charge in [-0.15, -0.1) is 10.2 Å². The second-order valence-corrected chi connectivity index (χ2v) is 3.82. The van der Waals surface area contributed by atoms with E-state index >= 15 is 0 Å². The zero-order valence-electron chi connectivity index (χ0n) is 9.06. The molecule has 78 valence electrons. The summed E-state index contributed by atoms with van der Waals surface area (Å²) in [6.07, 6.45) is 1.79. The lowest BCUT2D eigenvalue weighted by Gasteiger charge is -1.96. The minimum Gasteiger partial charge on any atom is -0.419 e. The summed E-state index contributed by atoms with van der Waals surface area (Å²) < 4.78 is 5.49. The van der Waals surface area contributed by atoms with Crippen molar-refractivity contribution in [2.24, 2.45) is 0 Å². The van der Waals surface area contributed by atoms with Crippen molar-refractivity contribution in [3.05, 3.63) is 29.8 Å². The molecule has 4 nitrogen and oxygen atoms in total. The topological polar surface area (TPSA) is 51.8 Å². The standard InChI is InChI=1S/C11H13N3O/c1-7(2)10-13-14-11(15-10)9-5-4-8(3)6-12-9/h4-7H,1-3H3. The summed E-state index contributed by atoms with van der Waals surface area (Å²) in [4.78, 5) is 4.22. The normalized spacial score (nSPS) is 10.9. The number of nitrogens with zero attached hydrogens (tertiary/aromatic N) is 3. The van der Waals surface area contributed by atoms with Gasteiger partial charge in [-0.2, -0.15) is 0 Å². The summed E-state index contributed by atoms with van der Waals surface area (Å²) in [6.45, 7) is 6.02. The number of hydrogen-bond donors (Lipinski definition) is 0. The smallest absolute Gasteiger partial charge is 0.266 e. The third kappa shape index (κ3) is 2.03. The van der Waals surface area contributed by atoms with E-state index in [4.69, 9.17) is 4.42 Å². The van der Waals surface area contributed by atoms with Gasteiger partial charge in [-0.3, -0.25) is 4.98 Å². The molecular formula is C11H13N3O. The summed E-state index contributed by atoms with van der Waals surface area (Å²) in [6, 6.07) is 3.86. The Morgan fingerprint density at radius 1 is 1.20 bits per heavy atom. The Morgan fingerprint density at radius 3 is 2.53 bits per heavy atom. The van der Waals surface area contributed by atoms with Gasteiger partial charge >= 0.3 is 0 Å². The minimum atomic E-state index is 0.247. The maximum Gasteiger partial charge on any atom is 0.266 e. The van der Waals surface area contributed by atoms with E-state index < -0.39 is 0 Å². The fourth-order valence-corrected chi connectivity index (χ4v) is 1.17. The van der Waals surface area contributed by atoms with Crippen molar-refractivity contribution in [3.63, 3.8) is 0 Å². The fourth-order valence-electron chi connectivity index (χ4n) is 1.17. The van der Waals surface area contributed by atoms with Gasteiger partial charge in [0.1, 0.15) is 5.69 Å². The van der Waals surface area contributed by atoms with Crippen molar-refractivity contribution in [2.45, 2.75) is 26.7 Å². The summed E-state index contributed by atoms with van der Waals surface area (Å²) in [5, 5.41) is 7.92. The van der Waals surface area contributed by atoms with Crippen LogP contribution in [0.1, 0.15) is 31.2 Å². The van der Waals surface area contributed by atoms with E-state index in [0.717, 1.165) is 11.3 Å². The van der Waals surface area contributed by atoms with Crippen LogP contribution in [0.4, 0.5) is 0 Å². The Hall–Kier alpha value is -1.71. The second-order valence-electron chi connectivity index (χ2n) is 3.82. The molecule has 0 spiro atoms. The van der Waals surface area contributed by atoms with Crippen LogP contribution >= 0.6 is 0 Å². The van der Waals surface area contributed by atoms with Crippen LogP contribution in [0.15, 0.2) is 22.7 Å². The van der Waals surface area contributed by atoms with E-state index in [0.29, 0.717) is 11.8 Å². The summed E-state index contributed by atoms with van der Waals surface area (Å²) in [5.74, 6) is 1.38. The lowest BCUT2D eigenvalue weighted by molar-refractivity contribution is 0.480. The summed E-state index contributed by atoms with van der Waals surface area (Å²) in [5.41, 5.74) is 1.84. The van der Waals surface area contributed by atoms with Gasteiger partial charge in [-0.25, -0.2) is 0 Å². The molecule has 2 aromatic heterocycles. The first kappa shape index (κ1) is 9.83. The number of aromatic nitrogens is 3. The highest BCUT2D eigenvalue weighted by Crippen LogP contribution is 2.19. The van der Waals surface area contributed by atoms with Crippen molar-refractivity contribution < 1.29 is 4.42 Å². The van der Waals surface area contributed by atoms with Crippen molar-refractivity contribution in [1.29, 1.82) is 0 Å². The molecule has 2 rings (SSSR count). The Labute approximate surface area is 88.4 Å². The first-order chi connectivity index (χ1) is 7.16. The van der Waals surface area contributed by atoms with Gasteiger partial charge in [-0.05, 0) is 18.6 Å². The van der Waals surface area contributed by atoms with Crippen molar-refractivity contribution >= 4 is 0 Å². The molecular weight excluding hydrogens is 190 g/mol. The van der Waals surface area contributed by atoms with Crippen molar-refractivity contribution in [1.82, 2.24) is 15.2 Å². The molecule has 0 aromatic carbocycles. The third-order valence-electron chi connectivity index (χ3n) is 2.07. The highest BCUT2D eigenvalue weighted by Gasteiger charge is 2.11. The molecule has 0 radical (unpaired) electrons. The Morgan fingerprint density at radius 2 is 2.00 bits per heavy atom. The van der Waals surface area contributed by atoms with Gasteiger partial charge in [0.2, 0.25) is 5.89 Å². The lowest BCUT2D eigenvalue weighted by atomic mass is 10.2. The van der Waals surface area contributed by atoms with Crippen LogP contribution in [0.3, 0.4) is 0 Å². The Kier molecular flexibility index (Phi) is 2.49. The maximum absolute atomic E-state index is 5.49. The van der Waals surface area contributed by atoms with Crippen molar-refractivity contribution in [2.75, 3.05) is 0 Å². The van der Waals surface area contributed by atoms with Crippen molar-refractivity contribution in [3.8, 4) is 11.6 Å². The van der Waals surface area contributed by atoms with Gasteiger partial charge in [-0.1, -0.05) is 19.9 Å². The molecule has 0 bridgehead atoms. The molecule has 4 heteroatoms. The predicted molar refractivity (Wildman–Crippen MR) is 56.4 cm³/mol. The summed E-state index contributed by atoms with van der Waals surface area (Å²) in [7, 11) is 0. The van der Waals surface area contributed by atoms with Crippen LogP contribution in [-0.4, -0.2) is 15.2 Å². The molecule has 0 amide bonds. The molecule has 0 atom stereocenters. The summed E-state index contributed by atoms with van der Waals surface area (Å²) >= 11 is 0. The lowest BCUT2D eigenvalue weighted by Crippen LogP contribution is -1.85. The van der Waals surface area contributed by atoms with Gasteiger partial charge in [0.05, 0.1) is 0 Å². The zero-order valence-corrected chi connectivity index (χ0v) is 9.06.